The Balaban J connectivity index is -0.00000512. The van der Waals surface area contributed by atoms with E-state index in [1.807, 2.05) is 0 Å². The molecule has 0 saturated carbocycles. The fraction of sp³-hybridized carbons (Fsp3) is 1.00. The van der Waals surface area contributed by atoms with Crippen molar-refractivity contribution in [3.8, 4) is 0 Å². The average Bonchev–Trinajstić information content (AvgIpc) is 2.82. The van der Waals surface area contributed by atoms with Crippen LogP contribution in [0.2, 0.25) is 0 Å². The van der Waals surface area contributed by atoms with Gasteiger partial charge in [-0.15, -0.1) is 12.4 Å². The predicted octanol–water partition coefficient (Wildman–Crippen LogP) is 12.1. The van der Waals surface area contributed by atoms with Gasteiger partial charge in [0.1, 0.15) is 0 Å². The van der Waals surface area contributed by atoms with Crippen LogP contribution in [0, 0.1) is 0 Å². The summed E-state index contributed by atoms with van der Waals surface area (Å²) in [5, 5.41) is 0. The van der Waals surface area contributed by atoms with Gasteiger partial charge in [-0.05, 0) is 33.0 Å². The molecule has 0 spiro atoms. The van der Waals surface area contributed by atoms with Crippen LogP contribution in [0.1, 0.15) is 187 Å². The van der Waals surface area contributed by atoms with Crippen LogP contribution in [-0.4, -0.2) is 25.0 Å². The largest absolute Gasteiger partial charge is 0.344 e. The number of unbranched alkanes of at least 4 members (excludes halogenated alkanes) is 25. The van der Waals surface area contributed by atoms with Gasteiger partial charge in [0, 0.05) is 0 Å². The molecule has 0 aliphatic rings. The molecule has 0 unspecified atom stereocenters. The minimum atomic E-state index is 0. The van der Waals surface area contributed by atoms with E-state index in [-0.39, 0.29) is 18.6 Å². The van der Waals surface area contributed by atoms with Crippen molar-refractivity contribution < 1.29 is 0 Å². The van der Waals surface area contributed by atoms with Crippen LogP contribution >= 0.6 is 12.4 Å². The second-order valence-corrected chi connectivity index (χ2v) is 11.1. The summed E-state index contributed by atoms with van der Waals surface area (Å²) in [6.45, 7) is 7.24. The zero-order valence-corrected chi connectivity index (χ0v) is 25.9. The lowest BCUT2D eigenvalue weighted by molar-refractivity contribution is 0.314. The fourth-order valence-electron chi connectivity index (χ4n) is 5.09. The summed E-state index contributed by atoms with van der Waals surface area (Å²) in [5.41, 5.74) is 0. The molecule has 0 aromatic rings. The van der Waals surface area contributed by atoms with E-state index in [1.54, 1.807) is 0 Å². The van der Waals surface area contributed by atoms with Crippen LogP contribution in [0.25, 0.3) is 0 Å². The molecule has 0 atom stereocenters. The van der Waals surface area contributed by atoms with Gasteiger partial charge in [-0.3, -0.25) is 0 Å². The number of rotatable bonds is 29. The molecular weight excluding hydrogens is 448 g/mol. The first-order valence-electron chi connectivity index (χ1n) is 16.0. The van der Waals surface area contributed by atoms with Crippen LogP contribution in [0.5, 0.6) is 0 Å². The minimum Gasteiger partial charge on any atom is -0.344 e. The van der Waals surface area contributed by atoms with E-state index >= 15 is 0 Å². The van der Waals surface area contributed by atoms with Crippen molar-refractivity contribution in [3.63, 3.8) is 0 Å². The zero-order chi connectivity index (χ0) is 24.1. The van der Waals surface area contributed by atoms with Gasteiger partial charge in [-0.1, -0.05) is 174 Å². The third-order valence-electron chi connectivity index (χ3n) is 7.54. The first-order chi connectivity index (χ1) is 16.3. The van der Waals surface area contributed by atoms with E-state index in [9.17, 15) is 0 Å². The van der Waals surface area contributed by atoms with Gasteiger partial charge in [0.15, 0.2) is 0 Å². The molecule has 0 heterocycles. The monoisotopic (exact) mass is 519 g/mol. The zero-order valence-electron chi connectivity index (χ0n) is 25.1. The SMILES string of the molecule is CCCCCCCCCCCCCCCCCCCN(C)CCCCCCCCCCCC.Cl.N. The van der Waals surface area contributed by atoms with Crippen LogP contribution in [0.15, 0.2) is 0 Å². The lowest BCUT2D eigenvalue weighted by Gasteiger charge is -2.16. The standard InChI is InChI=1S/C32H67N.ClH.H3N/c1-4-6-8-10-12-14-16-17-18-19-20-21-22-24-26-28-30-32-33(3)31-29-27-25-23-15-13-11-9-7-5-2;;/h4-32H2,1-3H3;1H;1H3. The molecule has 0 radical (unpaired) electrons. The fourth-order valence-corrected chi connectivity index (χ4v) is 5.09. The molecule has 0 bridgehead atoms. The Hall–Kier alpha value is 0.210. The van der Waals surface area contributed by atoms with Crippen LogP contribution in [0.4, 0.5) is 0 Å². The third-order valence-corrected chi connectivity index (χ3v) is 7.54. The van der Waals surface area contributed by atoms with Crippen molar-refractivity contribution in [2.45, 2.75) is 187 Å². The Morgan fingerprint density at radius 1 is 0.314 bits per heavy atom. The Kier molecular flexibility index (Phi) is 41.3. The number of hydrogen-bond acceptors (Lipinski definition) is 2. The second kappa shape index (κ2) is 36.4. The van der Waals surface area contributed by atoms with E-state index < -0.39 is 0 Å². The molecule has 0 aliphatic heterocycles. The highest BCUT2D eigenvalue weighted by Gasteiger charge is 1.99. The van der Waals surface area contributed by atoms with E-state index in [0.717, 1.165) is 0 Å². The minimum absolute atomic E-state index is 0. The maximum Gasteiger partial charge on any atom is -0.00218 e. The molecular formula is C32H71ClN2. The summed E-state index contributed by atoms with van der Waals surface area (Å²) >= 11 is 0. The van der Waals surface area contributed by atoms with E-state index in [1.165, 1.54) is 186 Å². The molecule has 0 fully saturated rings. The van der Waals surface area contributed by atoms with Crippen LogP contribution in [-0.2, 0) is 0 Å². The van der Waals surface area contributed by atoms with Crippen molar-refractivity contribution in [1.29, 1.82) is 0 Å². The lowest BCUT2D eigenvalue weighted by Crippen LogP contribution is -2.20. The normalized spacial score (nSPS) is 11.0. The molecule has 0 rings (SSSR count). The summed E-state index contributed by atoms with van der Waals surface area (Å²) in [7, 11) is 2.33. The van der Waals surface area contributed by atoms with E-state index in [4.69, 9.17) is 0 Å². The Bertz CT molecular complexity index is 338. The third kappa shape index (κ3) is 36.4. The molecule has 3 N–H and O–H groups in total. The Labute approximate surface area is 230 Å². The summed E-state index contributed by atoms with van der Waals surface area (Å²) < 4.78 is 0. The smallest absolute Gasteiger partial charge is 0.00218 e. The van der Waals surface area contributed by atoms with E-state index in [2.05, 4.69) is 25.8 Å². The molecule has 0 aliphatic carbocycles. The van der Waals surface area contributed by atoms with Crippen molar-refractivity contribution in [2.75, 3.05) is 20.1 Å². The first-order valence-corrected chi connectivity index (χ1v) is 16.0. The van der Waals surface area contributed by atoms with Crippen molar-refractivity contribution >= 4 is 12.4 Å². The Morgan fingerprint density at radius 2 is 0.486 bits per heavy atom. The molecule has 2 nitrogen and oxygen atoms in total. The molecule has 0 aromatic heterocycles. The molecule has 3 heteroatoms. The van der Waals surface area contributed by atoms with Gasteiger partial charge < -0.3 is 11.1 Å². The average molecular weight is 519 g/mol. The Morgan fingerprint density at radius 3 is 0.686 bits per heavy atom. The summed E-state index contributed by atoms with van der Waals surface area (Å²) in [6.07, 6.45) is 39.3. The molecule has 35 heavy (non-hydrogen) atoms. The van der Waals surface area contributed by atoms with Crippen LogP contribution in [0.3, 0.4) is 0 Å². The summed E-state index contributed by atoms with van der Waals surface area (Å²) in [5.74, 6) is 0. The summed E-state index contributed by atoms with van der Waals surface area (Å²) in [4.78, 5) is 2.58. The topological polar surface area (TPSA) is 38.2 Å². The van der Waals surface area contributed by atoms with E-state index in [0.29, 0.717) is 0 Å². The van der Waals surface area contributed by atoms with Crippen molar-refractivity contribution in [1.82, 2.24) is 11.1 Å². The molecule has 0 aromatic carbocycles. The highest BCUT2D eigenvalue weighted by atomic mass is 35.5. The number of nitrogens with zero attached hydrogens (tertiary/aromatic N) is 1. The van der Waals surface area contributed by atoms with Crippen molar-refractivity contribution in [2.24, 2.45) is 0 Å². The first kappa shape index (κ1) is 39.7. The second-order valence-electron chi connectivity index (χ2n) is 11.1. The number of hydrogen-bond donors (Lipinski definition) is 1. The quantitative estimate of drug-likeness (QED) is 0.0999. The molecule has 216 valence electrons. The van der Waals surface area contributed by atoms with Gasteiger partial charge in [0.05, 0.1) is 0 Å². The van der Waals surface area contributed by atoms with Gasteiger partial charge in [-0.2, -0.15) is 0 Å². The van der Waals surface area contributed by atoms with Gasteiger partial charge in [-0.25, -0.2) is 0 Å². The predicted molar refractivity (Wildman–Crippen MR) is 166 cm³/mol. The highest BCUT2D eigenvalue weighted by molar-refractivity contribution is 5.85. The number of halogens is 1. The maximum atomic E-state index is 2.58. The van der Waals surface area contributed by atoms with Crippen LogP contribution < -0.4 is 6.15 Å². The lowest BCUT2D eigenvalue weighted by atomic mass is 10.0. The highest BCUT2D eigenvalue weighted by Crippen LogP contribution is 2.14. The molecule has 0 amide bonds. The maximum absolute atomic E-state index is 2.58. The van der Waals surface area contributed by atoms with Crippen molar-refractivity contribution in [3.05, 3.63) is 0 Å². The van der Waals surface area contributed by atoms with Gasteiger partial charge in [0.25, 0.3) is 0 Å². The van der Waals surface area contributed by atoms with Gasteiger partial charge >= 0.3 is 0 Å². The summed E-state index contributed by atoms with van der Waals surface area (Å²) in [6, 6.07) is 0. The van der Waals surface area contributed by atoms with Gasteiger partial charge in [0.2, 0.25) is 0 Å². The molecule has 0 saturated heterocycles.